The summed E-state index contributed by atoms with van der Waals surface area (Å²) < 4.78 is 0. The number of fused-ring (bicyclic) bond motifs is 1. The molecule has 0 saturated heterocycles. The number of hydrogen-bond donors (Lipinski definition) is 11. The van der Waals surface area contributed by atoms with Crippen LogP contribution in [0.25, 0.3) is 10.9 Å². The number of phenols is 1. The fourth-order valence-corrected chi connectivity index (χ4v) is 5.89. The van der Waals surface area contributed by atoms with Crippen molar-refractivity contribution in [1.29, 1.82) is 0 Å². The number of H-pyrrole nitrogens is 1. The summed E-state index contributed by atoms with van der Waals surface area (Å²) in [5.74, 6) is -4.34. The summed E-state index contributed by atoms with van der Waals surface area (Å²) in [6.07, 6.45) is 3.87. The van der Waals surface area contributed by atoms with E-state index in [1.807, 2.05) is 24.3 Å². The number of hydrogen-bond acceptors (Lipinski definition) is 10. The maximum Gasteiger partial charge on any atom is 0.243 e. The second kappa shape index (κ2) is 21.9. The van der Waals surface area contributed by atoms with Gasteiger partial charge in [0.05, 0.1) is 6.04 Å². The zero-order valence-corrected chi connectivity index (χ0v) is 30.4. The monoisotopic (exact) mass is 750 g/mol. The average Bonchev–Trinajstić information content (AvgIpc) is 3.55. The summed E-state index contributed by atoms with van der Waals surface area (Å²) in [5, 5.41) is 21.1. The number of unbranched alkanes of at least 4 members (excludes halogenated alkanes) is 2. The van der Waals surface area contributed by atoms with Crippen molar-refractivity contribution in [2.45, 2.75) is 94.4 Å². The van der Waals surface area contributed by atoms with E-state index >= 15 is 0 Å². The van der Waals surface area contributed by atoms with Gasteiger partial charge in [-0.1, -0.05) is 30.3 Å². The summed E-state index contributed by atoms with van der Waals surface area (Å²) in [4.78, 5) is 81.5. The SMILES string of the molecule is NCCCC[C@H](NC(=O)[C@H](CCCCN)NC(=O)[C@@H](N)Cc1c[nH]c2ccccc12)C(=O)N[C@@H](CCC(N)=O)C(=O)N[C@@H](Cc1ccc(O)cc1)C(N)=O. The average molecular weight is 751 g/mol. The first-order valence-corrected chi connectivity index (χ1v) is 18.1. The number of aromatic amines is 1. The van der Waals surface area contributed by atoms with Gasteiger partial charge in [-0.05, 0) is 93.8 Å². The van der Waals surface area contributed by atoms with E-state index in [0.717, 1.165) is 16.5 Å². The molecule has 0 fully saturated rings. The maximum absolute atomic E-state index is 13.8. The van der Waals surface area contributed by atoms with Crippen LogP contribution < -0.4 is 49.9 Å². The molecule has 16 N–H and O–H groups in total. The largest absolute Gasteiger partial charge is 0.508 e. The second-order valence-corrected chi connectivity index (χ2v) is 13.3. The zero-order chi connectivity index (χ0) is 39.6. The number of aromatic nitrogens is 1. The second-order valence-electron chi connectivity index (χ2n) is 13.3. The van der Waals surface area contributed by atoms with Gasteiger partial charge in [-0.2, -0.15) is 0 Å². The lowest BCUT2D eigenvalue weighted by atomic mass is 10.0. The number of nitrogens with one attached hydrogen (secondary N) is 5. The highest BCUT2D eigenvalue weighted by Gasteiger charge is 2.32. The van der Waals surface area contributed by atoms with Crippen LogP contribution in [0.4, 0.5) is 0 Å². The highest BCUT2D eigenvalue weighted by molar-refractivity contribution is 5.96. The Bertz CT molecular complexity index is 1710. The number of phenolic OH excluding ortho intramolecular Hbond substituents is 1. The number of rotatable bonds is 24. The van der Waals surface area contributed by atoms with E-state index in [1.54, 1.807) is 18.3 Å². The Kier molecular flexibility index (Phi) is 17.4. The fraction of sp³-hybridized carbons (Fsp3) is 0.459. The van der Waals surface area contributed by atoms with Gasteiger partial charge >= 0.3 is 0 Å². The lowest BCUT2D eigenvalue weighted by Crippen LogP contribution is -2.59. The third-order valence-corrected chi connectivity index (χ3v) is 8.96. The minimum absolute atomic E-state index is 0.00929. The topological polar surface area (TPSA) is 317 Å². The van der Waals surface area contributed by atoms with Crippen molar-refractivity contribution in [2.75, 3.05) is 13.1 Å². The van der Waals surface area contributed by atoms with Crippen LogP contribution in [0.3, 0.4) is 0 Å². The Hall–Kier alpha value is -5.52. The summed E-state index contributed by atoms with van der Waals surface area (Å²) >= 11 is 0. The Morgan fingerprint density at radius 2 is 1.17 bits per heavy atom. The Morgan fingerprint density at radius 1 is 0.648 bits per heavy atom. The van der Waals surface area contributed by atoms with Crippen molar-refractivity contribution in [1.82, 2.24) is 26.3 Å². The molecular formula is C37H54N10O7. The van der Waals surface area contributed by atoms with Crippen LogP contribution in [-0.2, 0) is 41.6 Å². The number of para-hydroxylation sites is 1. The molecule has 0 aliphatic rings. The molecule has 1 aromatic heterocycles. The normalized spacial score (nSPS) is 13.9. The first-order valence-electron chi connectivity index (χ1n) is 18.1. The van der Waals surface area contributed by atoms with Gasteiger partial charge in [-0.15, -0.1) is 0 Å². The van der Waals surface area contributed by atoms with E-state index < -0.39 is 65.7 Å². The van der Waals surface area contributed by atoms with Crippen LogP contribution in [-0.4, -0.2) is 88.8 Å². The number of primary amides is 2. The molecule has 0 aliphatic heterocycles. The number of carbonyl (C=O) groups excluding carboxylic acids is 6. The number of carbonyl (C=O) groups is 6. The highest BCUT2D eigenvalue weighted by Crippen LogP contribution is 2.19. The van der Waals surface area contributed by atoms with Crippen molar-refractivity contribution in [3.05, 3.63) is 65.9 Å². The number of benzene rings is 2. The fourth-order valence-electron chi connectivity index (χ4n) is 5.89. The van der Waals surface area contributed by atoms with Crippen LogP contribution in [0.2, 0.25) is 0 Å². The molecule has 5 atom stereocenters. The van der Waals surface area contributed by atoms with E-state index in [0.29, 0.717) is 44.3 Å². The summed E-state index contributed by atoms with van der Waals surface area (Å²) in [6, 6.07) is 7.77. The summed E-state index contributed by atoms with van der Waals surface area (Å²) in [7, 11) is 0. The maximum atomic E-state index is 13.8. The van der Waals surface area contributed by atoms with E-state index in [2.05, 4.69) is 26.3 Å². The number of nitrogens with two attached hydrogens (primary N) is 5. The van der Waals surface area contributed by atoms with E-state index in [-0.39, 0.29) is 44.3 Å². The Morgan fingerprint density at radius 3 is 1.70 bits per heavy atom. The smallest absolute Gasteiger partial charge is 0.243 e. The molecule has 0 radical (unpaired) electrons. The van der Waals surface area contributed by atoms with Crippen molar-refractivity contribution in [2.24, 2.45) is 28.7 Å². The van der Waals surface area contributed by atoms with Gasteiger partial charge in [-0.3, -0.25) is 28.8 Å². The minimum atomic E-state index is -1.34. The van der Waals surface area contributed by atoms with Crippen molar-refractivity contribution < 1.29 is 33.9 Å². The Labute approximate surface area is 313 Å². The molecule has 294 valence electrons. The van der Waals surface area contributed by atoms with Crippen LogP contribution in [0.15, 0.2) is 54.7 Å². The molecule has 0 spiro atoms. The standard InChI is InChI=1S/C37H54N10O7/c38-17-5-3-9-28(44-34(51)26(40)20-23-21-43-27-8-2-1-7-25(23)27)35(52)45-29(10-4-6-18-39)36(53)46-30(15-16-32(41)49)37(54)47-31(33(42)50)19-22-11-13-24(48)14-12-22/h1-2,7-8,11-14,21,26,28-31,43,48H,3-6,9-10,15-20,38-40H2,(H2,41,49)(H2,42,50)(H,44,51)(H,45,52)(H,46,53)(H,47,54)/t26-,28-,29-,30-,31-/m0/s1. The van der Waals surface area contributed by atoms with Gasteiger partial charge < -0.3 is 60.0 Å². The molecule has 0 unspecified atom stereocenters. The lowest BCUT2D eigenvalue weighted by Gasteiger charge is -2.26. The predicted molar refractivity (Wildman–Crippen MR) is 203 cm³/mol. The van der Waals surface area contributed by atoms with Crippen molar-refractivity contribution >= 4 is 46.3 Å². The molecule has 1 heterocycles. The molecule has 0 bridgehead atoms. The van der Waals surface area contributed by atoms with E-state index in [9.17, 15) is 33.9 Å². The highest BCUT2D eigenvalue weighted by atomic mass is 16.3. The molecule has 17 heteroatoms. The van der Waals surface area contributed by atoms with Crippen LogP contribution in [0, 0.1) is 0 Å². The first kappa shape index (κ1) is 42.9. The molecule has 6 amide bonds. The number of aromatic hydroxyl groups is 1. The van der Waals surface area contributed by atoms with E-state index in [4.69, 9.17) is 28.7 Å². The van der Waals surface area contributed by atoms with Gasteiger partial charge in [0.25, 0.3) is 0 Å². The third kappa shape index (κ3) is 13.8. The quantitative estimate of drug-likeness (QED) is 0.0493. The molecule has 0 aliphatic carbocycles. The number of amides is 6. The minimum Gasteiger partial charge on any atom is -0.508 e. The van der Waals surface area contributed by atoms with Crippen LogP contribution >= 0.6 is 0 Å². The predicted octanol–water partition coefficient (Wildman–Crippen LogP) is -1.07. The van der Waals surface area contributed by atoms with Gasteiger partial charge in [0.2, 0.25) is 35.4 Å². The van der Waals surface area contributed by atoms with Crippen LogP contribution in [0.5, 0.6) is 5.75 Å². The molecule has 2 aromatic carbocycles. The molecule has 3 rings (SSSR count). The molecule has 3 aromatic rings. The summed E-state index contributed by atoms with van der Waals surface area (Å²) in [5.41, 5.74) is 30.9. The van der Waals surface area contributed by atoms with Gasteiger partial charge in [0.15, 0.2) is 0 Å². The third-order valence-electron chi connectivity index (χ3n) is 8.96. The lowest BCUT2D eigenvalue weighted by molar-refractivity contribution is -0.135. The zero-order valence-electron chi connectivity index (χ0n) is 30.4. The van der Waals surface area contributed by atoms with Crippen molar-refractivity contribution in [3.8, 4) is 5.75 Å². The summed E-state index contributed by atoms with van der Waals surface area (Å²) in [6.45, 7) is 0.695. The van der Waals surface area contributed by atoms with Gasteiger partial charge in [0, 0.05) is 29.9 Å². The van der Waals surface area contributed by atoms with Crippen molar-refractivity contribution in [3.63, 3.8) is 0 Å². The molecule has 17 nitrogen and oxygen atoms in total. The van der Waals surface area contributed by atoms with Crippen LogP contribution in [0.1, 0.15) is 62.5 Å². The molecular weight excluding hydrogens is 696 g/mol. The van der Waals surface area contributed by atoms with E-state index in [1.165, 1.54) is 12.1 Å². The molecule has 0 saturated carbocycles. The van der Waals surface area contributed by atoms with Gasteiger partial charge in [-0.25, -0.2) is 0 Å². The first-order chi connectivity index (χ1) is 25.8. The van der Waals surface area contributed by atoms with Gasteiger partial charge in [0.1, 0.15) is 29.9 Å². The Balaban J connectivity index is 1.76. The molecule has 54 heavy (non-hydrogen) atoms.